The number of hydrogen-bond acceptors (Lipinski definition) is 4. The fourth-order valence-electron chi connectivity index (χ4n) is 2.71. The van der Waals surface area contributed by atoms with E-state index in [2.05, 4.69) is 5.32 Å². The van der Waals surface area contributed by atoms with Crippen molar-refractivity contribution in [2.24, 2.45) is 0 Å². The van der Waals surface area contributed by atoms with Crippen LogP contribution in [-0.2, 0) is 13.2 Å². The summed E-state index contributed by atoms with van der Waals surface area (Å²) in [6.07, 6.45) is 0. The zero-order chi connectivity index (χ0) is 19.1. The summed E-state index contributed by atoms with van der Waals surface area (Å²) in [5.74, 6) is 2.25. The highest BCUT2D eigenvalue weighted by atomic mass is 35.5. The molecular formula is C22H22ClNO3. The van der Waals surface area contributed by atoms with Gasteiger partial charge in [0.05, 0.1) is 14.2 Å². The first-order valence-electron chi connectivity index (χ1n) is 8.60. The zero-order valence-electron chi connectivity index (χ0n) is 15.4. The zero-order valence-corrected chi connectivity index (χ0v) is 16.1. The minimum absolute atomic E-state index is 0.413. The Bertz CT molecular complexity index is 881. The van der Waals surface area contributed by atoms with Crippen molar-refractivity contribution in [1.29, 1.82) is 0 Å². The Morgan fingerprint density at radius 3 is 2.37 bits per heavy atom. The Hall–Kier alpha value is -2.85. The minimum Gasteiger partial charge on any atom is -0.497 e. The molecule has 0 atom stereocenters. The molecule has 140 valence electrons. The van der Waals surface area contributed by atoms with Crippen molar-refractivity contribution in [2.75, 3.05) is 19.5 Å². The number of methoxy groups -OCH3 is 2. The molecule has 3 rings (SSSR count). The van der Waals surface area contributed by atoms with E-state index in [0.717, 1.165) is 28.3 Å². The molecule has 0 aromatic heterocycles. The van der Waals surface area contributed by atoms with Gasteiger partial charge in [-0.1, -0.05) is 35.9 Å². The lowest BCUT2D eigenvalue weighted by molar-refractivity contribution is 0.281. The molecule has 0 bridgehead atoms. The Morgan fingerprint density at radius 2 is 1.67 bits per heavy atom. The second-order valence-corrected chi connectivity index (χ2v) is 6.39. The topological polar surface area (TPSA) is 39.7 Å². The number of rotatable bonds is 8. The maximum absolute atomic E-state index is 6.08. The van der Waals surface area contributed by atoms with Gasteiger partial charge in [0.2, 0.25) is 0 Å². The molecule has 0 aliphatic heterocycles. The standard InChI is InChI=1S/C22H22ClNO3/c1-25-20-11-9-19(10-12-20)24-14-17-6-4-8-21(26-2)22(17)27-15-16-5-3-7-18(23)13-16/h3-13,24H,14-15H2,1-2H3. The minimum atomic E-state index is 0.413. The highest BCUT2D eigenvalue weighted by Crippen LogP contribution is 2.32. The van der Waals surface area contributed by atoms with Crippen molar-refractivity contribution >= 4 is 17.3 Å². The lowest BCUT2D eigenvalue weighted by Crippen LogP contribution is -2.05. The summed E-state index contributed by atoms with van der Waals surface area (Å²) in [5.41, 5.74) is 3.01. The molecule has 0 aliphatic rings. The molecule has 0 heterocycles. The molecule has 5 heteroatoms. The maximum atomic E-state index is 6.08. The van der Waals surface area contributed by atoms with Gasteiger partial charge in [0.25, 0.3) is 0 Å². The normalized spacial score (nSPS) is 10.3. The SMILES string of the molecule is COc1ccc(NCc2cccc(OC)c2OCc2cccc(Cl)c2)cc1. The molecule has 3 aromatic carbocycles. The largest absolute Gasteiger partial charge is 0.497 e. The highest BCUT2D eigenvalue weighted by Gasteiger charge is 2.11. The van der Waals surface area contributed by atoms with Crippen LogP contribution >= 0.6 is 11.6 Å². The van der Waals surface area contributed by atoms with Crippen LogP contribution in [0.1, 0.15) is 11.1 Å². The Morgan fingerprint density at radius 1 is 0.889 bits per heavy atom. The average molecular weight is 384 g/mol. The number of benzene rings is 3. The molecule has 0 fully saturated rings. The Labute approximate surface area is 164 Å². The van der Waals surface area contributed by atoms with E-state index in [1.54, 1.807) is 14.2 Å². The first-order chi connectivity index (χ1) is 13.2. The third-order valence-electron chi connectivity index (χ3n) is 4.13. The smallest absolute Gasteiger partial charge is 0.166 e. The number of halogens is 1. The number of nitrogens with one attached hydrogen (secondary N) is 1. The van der Waals surface area contributed by atoms with Gasteiger partial charge in [-0.15, -0.1) is 0 Å². The van der Waals surface area contributed by atoms with Gasteiger partial charge in [0, 0.05) is 22.8 Å². The average Bonchev–Trinajstić information content (AvgIpc) is 2.71. The predicted molar refractivity (Wildman–Crippen MR) is 109 cm³/mol. The molecule has 3 aromatic rings. The van der Waals surface area contributed by atoms with Gasteiger partial charge >= 0.3 is 0 Å². The van der Waals surface area contributed by atoms with Crippen LogP contribution in [0.3, 0.4) is 0 Å². The molecule has 0 spiro atoms. The van der Waals surface area contributed by atoms with Crippen molar-refractivity contribution < 1.29 is 14.2 Å². The summed E-state index contributed by atoms with van der Waals surface area (Å²) in [5, 5.41) is 4.09. The van der Waals surface area contributed by atoms with Gasteiger partial charge in [-0.25, -0.2) is 0 Å². The third-order valence-corrected chi connectivity index (χ3v) is 4.36. The summed E-state index contributed by atoms with van der Waals surface area (Å²) in [6.45, 7) is 1.02. The fourth-order valence-corrected chi connectivity index (χ4v) is 2.93. The quantitative estimate of drug-likeness (QED) is 0.553. The number of para-hydroxylation sites is 1. The van der Waals surface area contributed by atoms with Gasteiger partial charge in [0.1, 0.15) is 12.4 Å². The van der Waals surface area contributed by atoms with E-state index in [9.17, 15) is 0 Å². The van der Waals surface area contributed by atoms with Crippen molar-refractivity contribution in [1.82, 2.24) is 0 Å². The van der Waals surface area contributed by atoms with Crippen LogP contribution in [0.4, 0.5) is 5.69 Å². The Balaban J connectivity index is 1.74. The molecule has 27 heavy (non-hydrogen) atoms. The lowest BCUT2D eigenvalue weighted by atomic mass is 10.1. The molecule has 0 saturated carbocycles. The summed E-state index contributed by atoms with van der Waals surface area (Å²) < 4.78 is 16.8. The van der Waals surface area contributed by atoms with Crippen LogP contribution in [0.2, 0.25) is 5.02 Å². The second-order valence-electron chi connectivity index (χ2n) is 5.95. The molecule has 1 N–H and O–H groups in total. The van der Waals surface area contributed by atoms with Crippen LogP contribution in [0.25, 0.3) is 0 Å². The first kappa shape index (κ1) is 18.9. The van der Waals surface area contributed by atoms with Crippen LogP contribution in [0.15, 0.2) is 66.7 Å². The highest BCUT2D eigenvalue weighted by molar-refractivity contribution is 6.30. The summed E-state index contributed by atoms with van der Waals surface area (Å²) in [4.78, 5) is 0. The van der Waals surface area contributed by atoms with Gasteiger partial charge in [0.15, 0.2) is 11.5 Å². The van der Waals surface area contributed by atoms with E-state index in [4.69, 9.17) is 25.8 Å². The number of hydrogen-bond donors (Lipinski definition) is 1. The molecule has 0 unspecified atom stereocenters. The molecular weight excluding hydrogens is 362 g/mol. The predicted octanol–water partition coefficient (Wildman–Crippen LogP) is 5.55. The maximum Gasteiger partial charge on any atom is 0.166 e. The fraction of sp³-hybridized carbons (Fsp3) is 0.182. The molecule has 0 radical (unpaired) electrons. The van der Waals surface area contributed by atoms with E-state index in [0.29, 0.717) is 23.9 Å². The van der Waals surface area contributed by atoms with E-state index in [1.165, 1.54) is 0 Å². The van der Waals surface area contributed by atoms with Crippen molar-refractivity contribution in [3.05, 3.63) is 82.9 Å². The van der Waals surface area contributed by atoms with Crippen LogP contribution in [0.5, 0.6) is 17.2 Å². The molecule has 0 amide bonds. The Kier molecular flexibility index (Phi) is 6.44. The number of ether oxygens (including phenoxy) is 3. The monoisotopic (exact) mass is 383 g/mol. The third kappa shape index (κ3) is 5.08. The molecule has 4 nitrogen and oxygen atoms in total. The second kappa shape index (κ2) is 9.19. The number of anilines is 1. The van der Waals surface area contributed by atoms with Crippen LogP contribution in [-0.4, -0.2) is 14.2 Å². The van der Waals surface area contributed by atoms with E-state index in [1.807, 2.05) is 66.7 Å². The first-order valence-corrected chi connectivity index (χ1v) is 8.98. The van der Waals surface area contributed by atoms with Crippen molar-refractivity contribution in [3.8, 4) is 17.2 Å². The van der Waals surface area contributed by atoms with Gasteiger partial charge in [-0.3, -0.25) is 0 Å². The summed E-state index contributed by atoms with van der Waals surface area (Å²) in [6, 6.07) is 21.3. The van der Waals surface area contributed by atoms with Crippen molar-refractivity contribution in [3.63, 3.8) is 0 Å². The van der Waals surface area contributed by atoms with Gasteiger partial charge in [-0.05, 0) is 48.0 Å². The van der Waals surface area contributed by atoms with E-state index < -0.39 is 0 Å². The lowest BCUT2D eigenvalue weighted by Gasteiger charge is -2.16. The van der Waals surface area contributed by atoms with Gasteiger partial charge < -0.3 is 19.5 Å². The van der Waals surface area contributed by atoms with Gasteiger partial charge in [-0.2, -0.15) is 0 Å². The molecule has 0 aliphatic carbocycles. The van der Waals surface area contributed by atoms with Crippen molar-refractivity contribution in [2.45, 2.75) is 13.2 Å². The summed E-state index contributed by atoms with van der Waals surface area (Å²) >= 11 is 6.06. The molecule has 0 saturated heterocycles. The van der Waals surface area contributed by atoms with Crippen LogP contribution in [0, 0.1) is 0 Å². The van der Waals surface area contributed by atoms with E-state index >= 15 is 0 Å². The van der Waals surface area contributed by atoms with E-state index in [-0.39, 0.29) is 0 Å². The summed E-state index contributed by atoms with van der Waals surface area (Å²) in [7, 11) is 3.30. The van der Waals surface area contributed by atoms with Crippen LogP contribution < -0.4 is 19.5 Å².